The molecule has 0 aliphatic heterocycles. The molecule has 0 atom stereocenters. The SMILES string of the molecule is CCOC(=O)CN(c1nnc(C)s1)C(C)C. The zero-order valence-electron chi connectivity index (χ0n) is 10.1. The second kappa shape index (κ2) is 5.79. The van der Waals surface area contributed by atoms with Gasteiger partial charge >= 0.3 is 5.97 Å². The number of hydrogen-bond acceptors (Lipinski definition) is 6. The summed E-state index contributed by atoms with van der Waals surface area (Å²) in [5, 5.41) is 9.64. The summed E-state index contributed by atoms with van der Waals surface area (Å²) in [4.78, 5) is 13.3. The topological polar surface area (TPSA) is 55.3 Å². The monoisotopic (exact) mass is 243 g/mol. The minimum Gasteiger partial charge on any atom is -0.465 e. The molecule has 0 bridgehead atoms. The molecule has 0 N–H and O–H groups in total. The van der Waals surface area contributed by atoms with Gasteiger partial charge < -0.3 is 9.64 Å². The Hall–Kier alpha value is -1.17. The number of aromatic nitrogens is 2. The van der Waals surface area contributed by atoms with Crippen LogP contribution in [-0.2, 0) is 9.53 Å². The molecule has 0 saturated heterocycles. The van der Waals surface area contributed by atoms with Crippen molar-refractivity contribution in [2.45, 2.75) is 33.7 Å². The third-order valence-corrected chi connectivity index (χ3v) is 2.86. The van der Waals surface area contributed by atoms with Crippen LogP contribution in [0, 0.1) is 6.92 Å². The van der Waals surface area contributed by atoms with Crippen LogP contribution in [0.1, 0.15) is 25.8 Å². The van der Waals surface area contributed by atoms with Crippen LogP contribution in [0.5, 0.6) is 0 Å². The summed E-state index contributed by atoms with van der Waals surface area (Å²) in [6.45, 7) is 8.34. The average Bonchev–Trinajstić information content (AvgIpc) is 2.61. The molecular formula is C10H17N3O2S. The van der Waals surface area contributed by atoms with Crippen LogP contribution >= 0.6 is 11.3 Å². The Bertz CT molecular complexity index is 352. The lowest BCUT2D eigenvalue weighted by Crippen LogP contribution is -2.36. The molecule has 1 heterocycles. The Balaban J connectivity index is 2.72. The molecule has 0 radical (unpaired) electrons. The standard InChI is InChI=1S/C10H17N3O2S/c1-5-15-9(14)6-13(7(2)3)10-12-11-8(4)16-10/h7H,5-6H2,1-4H3. The molecule has 0 aliphatic rings. The number of esters is 1. The molecule has 0 fully saturated rings. The van der Waals surface area contributed by atoms with Crippen molar-refractivity contribution < 1.29 is 9.53 Å². The van der Waals surface area contributed by atoms with Crippen LogP contribution in [0.2, 0.25) is 0 Å². The van der Waals surface area contributed by atoms with E-state index in [9.17, 15) is 4.79 Å². The molecule has 0 spiro atoms. The van der Waals surface area contributed by atoms with Gasteiger partial charge in [-0.15, -0.1) is 10.2 Å². The molecule has 6 heteroatoms. The van der Waals surface area contributed by atoms with Crippen LogP contribution in [-0.4, -0.2) is 35.4 Å². The summed E-state index contributed by atoms with van der Waals surface area (Å²) in [5.74, 6) is -0.232. The maximum absolute atomic E-state index is 11.4. The highest BCUT2D eigenvalue weighted by atomic mass is 32.1. The van der Waals surface area contributed by atoms with E-state index < -0.39 is 0 Å². The highest BCUT2D eigenvalue weighted by Crippen LogP contribution is 2.21. The second-order valence-corrected chi connectivity index (χ2v) is 4.79. The van der Waals surface area contributed by atoms with Gasteiger partial charge in [-0.25, -0.2) is 0 Å². The molecule has 16 heavy (non-hydrogen) atoms. The van der Waals surface area contributed by atoms with Crippen molar-refractivity contribution in [3.8, 4) is 0 Å². The lowest BCUT2D eigenvalue weighted by atomic mass is 10.3. The first-order valence-corrected chi connectivity index (χ1v) is 6.08. The first-order valence-electron chi connectivity index (χ1n) is 5.27. The van der Waals surface area contributed by atoms with Gasteiger partial charge in [0.25, 0.3) is 0 Å². The fraction of sp³-hybridized carbons (Fsp3) is 0.700. The zero-order valence-corrected chi connectivity index (χ0v) is 10.9. The molecule has 0 unspecified atom stereocenters. The van der Waals surface area contributed by atoms with Crippen molar-refractivity contribution in [1.82, 2.24) is 10.2 Å². The molecule has 0 aromatic carbocycles. The van der Waals surface area contributed by atoms with Crippen LogP contribution in [0.3, 0.4) is 0 Å². The molecule has 1 aromatic rings. The molecule has 1 rings (SSSR count). The van der Waals surface area contributed by atoms with E-state index in [0.717, 1.165) is 10.1 Å². The summed E-state index contributed by atoms with van der Waals surface area (Å²) in [6.07, 6.45) is 0. The number of anilines is 1. The summed E-state index contributed by atoms with van der Waals surface area (Å²) >= 11 is 1.48. The normalized spacial score (nSPS) is 10.6. The Morgan fingerprint density at radius 3 is 2.62 bits per heavy atom. The average molecular weight is 243 g/mol. The molecule has 5 nitrogen and oxygen atoms in total. The Morgan fingerprint density at radius 2 is 2.19 bits per heavy atom. The van der Waals surface area contributed by atoms with Crippen LogP contribution in [0.15, 0.2) is 0 Å². The molecule has 0 aliphatic carbocycles. The number of carbonyl (C=O) groups excluding carboxylic acids is 1. The van der Waals surface area contributed by atoms with Crippen LogP contribution in [0.25, 0.3) is 0 Å². The van der Waals surface area contributed by atoms with Crippen molar-refractivity contribution in [3.05, 3.63) is 5.01 Å². The predicted molar refractivity (Wildman–Crippen MR) is 63.8 cm³/mol. The van der Waals surface area contributed by atoms with E-state index in [1.54, 1.807) is 6.92 Å². The van der Waals surface area contributed by atoms with Gasteiger partial charge in [-0.3, -0.25) is 4.79 Å². The number of hydrogen-bond donors (Lipinski definition) is 0. The fourth-order valence-corrected chi connectivity index (χ4v) is 2.04. The van der Waals surface area contributed by atoms with Gasteiger partial charge in [-0.2, -0.15) is 0 Å². The van der Waals surface area contributed by atoms with Crippen molar-refractivity contribution in [1.29, 1.82) is 0 Å². The summed E-state index contributed by atoms with van der Waals surface area (Å²) in [6, 6.07) is 0.191. The minimum absolute atomic E-state index is 0.191. The van der Waals surface area contributed by atoms with Crippen molar-refractivity contribution in [2.24, 2.45) is 0 Å². The number of carbonyl (C=O) groups is 1. The highest BCUT2D eigenvalue weighted by Gasteiger charge is 2.18. The lowest BCUT2D eigenvalue weighted by molar-refractivity contribution is -0.141. The fourth-order valence-electron chi connectivity index (χ4n) is 1.22. The van der Waals surface area contributed by atoms with Crippen molar-refractivity contribution in [2.75, 3.05) is 18.1 Å². The molecule has 1 aromatic heterocycles. The van der Waals surface area contributed by atoms with Gasteiger partial charge in [0, 0.05) is 6.04 Å². The van der Waals surface area contributed by atoms with Gasteiger partial charge in [-0.1, -0.05) is 11.3 Å². The summed E-state index contributed by atoms with van der Waals surface area (Å²) in [5.41, 5.74) is 0. The summed E-state index contributed by atoms with van der Waals surface area (Å²) < 4.78 is 4.93. The lowest BCUT2D eigenvalue weighted by Gasteiger charge is -2.24. The van der Waals surface area contributed by atoms with Crippen molar-refractivity contribution in [3.63, 3.8) is 0 Å². The number of ether oxygens (including phenoxy) is 1. The molecule has 0 amide bonds. The van der Waals surface area contributed by atoms with E-state index >= 15 is 0 Å². The Morgan fingerprint density at radius 1 is 1.50 bits per heavy atom. The quantitative estimate of drug-likeness (QED) is 0.736. The smallest absolute Gasteiger partial charge is 0.325 e. The molecular weight excluding hydrogens is 226 g/mol. The predicted octanol–water partition coefficient (Wildman–Crippen LogP) is 1.62. The van der Waals surface area contributed by atoms with E-state index in [0.29, 0.717) is 6.61 Å². The Labute approximate surface area is 99.4 Å². The zero-order chi connectivity index (χ0) is 12.1. The second-order valence-electron chi connectivity index (χ2n) is 3.63. The first kappa shape index (κ1) is 12.9. The number of nitrogens with zero attached hydrogens (tertiary/aromatic N) is 3. The maximum Gasteiger partial charge on any atom is 0.325 e. The van der Waals surface area contributed by atoms with Gasteiger partial charge in [0.1, 0.15) is 11.6 Å². The van der Waals surface area contributed by atoms with Gasteiger partial charge in [0.05, 0.1) is 6.61 Å². The third-order valence-electron chi connectivity index (χ3n) is 1.99. The van der Waals surface area contributed by atoms with E-state index in [1.807, 2.05) is 25.7 Å². The highest BCUT2D eigenvalue weighted by molar-refractivity contribution is 7.15. The maximum atomic E-state index is 11.4. The largest absolute Gasteiger partial charge is 0.465 e. The Kier molecular flexibility index (Phi) is 4.67. The summed E-state index contributed by atoms with van der Waals surface area (Å²) in [7, 11) is 0. The third kappa shape index (κ3) is 3.44. The van der Waals surface area contributed by atoms with Crippen LogP contribution < -0.4 is 4.90 Å². The van der Waals surface area contributed by atoms with Gasteiger partial charge in [0.2, 0.25) is 5.13 Å². The minimum atomic E-state index is -0.232. The number of rotatable bonds is 5. The van der Waals surface area contributed by atoms with Crippen molar-refractivity contribution >= 4 is 22.4 Å². The van der Waals surface area contributed by atoms with E-state index in [-0.39, 0.29) is 18.6 Å². The molecule has 0 saturated carbocycles. The van der Waals surface area contributed by atoms with E-state index in [2.05, 4.69) is 10.2 Å². The van der Waals surface area contributed by atoms with Gasteiger partial charge in [0.15, 0.2) is 0 Å². The van der Waals surface area contributed by atoms with E-state index in [4.69, 9.17) is 4.74 Å². The van der Waals surface area contributed by atoms with Gasteiger partial charge in [-0.05, 0) is 27.7 Å². The molecule has 90 valence electrons. The first-order chi connectivity index (χ1) is 7.54. The van der Waals surface area contributed by atoms with Crippen LogP contribution in [0.4, 0.5) is 5.13 Å². The number of aryl methyl sites for hydroxylation is 1. The van der Waals surface area contributed by atoms with E-state index in [1.165, 1.54) is 11.3 Å².